The van der Waals surface area contributed by atoms with Gasteiger partial charge < -0.3 is 15.1 Å². The average molecular weight is 384 g/mol. The van der Waals surface area contributed by atoms with Crippen LogP contribution in [-0.4, -0.2) is 66.5 Å². The zero-order chi connectivity index (χ0) is 20.1. The lowest BCUT2D eigenvalue weighted by atomic mass is 10.1. The Labute approximate surface area is 166 Å². The quantitative estimate of drug-likeness (QED) is 0.580. The van der Waals surface area contributed by atoms with Crippen LogP contribution in [0.25, 0.3) is 5.57 Å². The normalized spacial score (nSPS) is 23.6. The number of carbonyl (C=O) groups is 1. The van der Waals surface area contributed by atoms with Gasteiger partial charge in [0.2, 0.25) is 11.9 Å². The van der Waals surface area contributed by atoms with Crippen molar-refractivity contribution >= 4 is 11.5 Å². The number of pyridine rings is 1. The maximum absolute atomic E-state index is 13.0. The van der Waals surface area contributed by atoms with E-state index < -0.39 is 5.95 Å². The molecule has 1 amide bonds. The molecule has 28 heavy (non-hydrogen) atoms. The molecule has 1 saturated heterocycles. The summed E-state index contributed by atoms with van der Waals surface area (Å²) in [6.45, 7) is 9.88. The standard InChI is InChI=1S/C22H29FN4O/c1-4-17(18-7-8-21(23)25-14-18)6-5-16(2)19-13-20(19)24-15-22(28)27-11-9-26(3)10-12-27/h4-8,14,19-20,24H,1,9-13,15H2,2-3H3/b16-5+,17-6+. The maximum Gasteiger partial charge on any atom is 0.236 e. The van der Waals surface area contributed by atoms with E-state index in [4.69, 9.17) is 0 Å². The molecule has 1 aliphatic heterocycles. The molecule has 2 atom stereocenters. The van der Waals surface area contributed by atoms with Crippen molar-refractivity contribution in [1.29, 1.82) is 0 Å². The van der Waals surface area contributed by atoms with E-state index >= 15 is 0 Å². The Morgan fingerprint density at radius 3 is 2.71 bits per heavy atom. The number of amides is 1. The molecule has 2 fully saturated rings. The molecule has 3 rings (SSSR count). The van der Waals surface area contributed by atoms with Crippen molar-refractivity contribution in [2.75, 3.05) is 39.8 Å². The van der Waals surface area contributed by atoms with Crippen molar-refractivity contribution in [3.63, 3.8) is 0 Å². The van der Waals surface area contributed by atoms with Crippen LogP contribution >= 0.6 is 0 Å². The molecule has 1 saturated carbocycles. The monoisotopic (exact) mass is 384 g/mol. The van der Waals surface area contributed by atoms with Gasteiger partial charge in [-0.2, -0.15) is 4.39 Å². The summed E-state index contributed by atoms with van der Waals surface area (Å²) >= 11 is 0. The van der Waals surface area contributed by atoms with Crippen molar-refractivity contribution in [3.05, 3.63) is 60.2 Å². The van der Waals surface area contributed by atoms with Gasteiger partial charge in [0.15, 0.2) is 0 Å². The molecular formula is C22H29FN4O. The van der Waals surface area contributed by atoms with Crippen LogP contribution in [0.2, 0.25) is 0 Å². The fraction of sp³-hybridized carbons (Fsp3) is 0.455. The highest BCUT2D eigenvalue weighted by Gasteiger charge is 2.38. The molecular weight excluding hydrogens is 355 g/mol. The van der Waals surface area contributed by atoms with Crippen LogP contribution in [0, 0.1) is 11.9 Å². The smallest absolute Gasteiger partial charge is 0.236 e. The topological polar surface area (TPSA) is 48.5 Å². The molecule has 150 valence electrons. The lowest BCUT2D eigenvalue weighted by molar-refractivity contribution is -0.131. The van der Waals surface area contributed by atoms with E-state index in [1.165, 1.54) is 17.8 Å². The van der Waals surface area contributed by atoms with Crippen molar-refractivity contribution in [1.82, 2.24) is 20.1 Å². The summed E-state index contributed by atoms with van der Waals surface area (Å²) in [5.41, 5.74) is 3.00. The highest BCUT2D eigenvalue weighted by atomic mass is 19.1. The first-order valence-corrected chi connectivity index (χ1v) is 9.80. The molecule has 2 aliphatic rings. The van der Waals surface area contributed by atoms with Gasteiger partial charge in [0.25, 0.3) is 0 Å². The fourth-order valence-corrected chi connectivity index (χ4v) is 3.48. The SMILES string of the molecule is C=C/C(=C\C=C(/C)C1CC1NCC(=O)N1CCN(C)CC1)c1ccc(F)nc1. The molecule has 2 heterocycles. The number of hydrogen-bond acceptors (Lipinski definition) is 4. The second-order valence-corrected chi connectivity index (χ2v) is 7.62. The van der Waals surface area contributed by atoms with Crippen LogP contribution in [0.4, 0.5) is 4.39 Å². The Bertz CT molecular complexity index is 763. The Balaban J connectivity index is 1.49. The minimum Gasteiger partial charge on any atom is -0.339 e. The van der Waals surface area contributed by atoms with Gasteiger partial charge in [-0.25, -0.2) is 4.98 Å². The molecule has 0 spiro atoms. The third-order valence-corrected chi connectivity index (χ3v) is 5.55. The number of halogens is 1. The summed E-state index contributed by atoms with van der Waals surface area (Å²) in [5, 5.41) is 3.40. The molecule has 0 bridgehead atoms. The number of piperazine rings is 1. The fourth-order valence-electron chi connectivity index (χ4n) is 3.48. The first kappa shape index (κ1) is 20.4. The maximum atomic E-state index is 13.0. The number of aromatic nitrogens is 1. The first-order valence-electron chi connectivity index (χ1n) is 9.80. The zero-order valence-electron chi connectivity index (χ0n) is 16.7. The summed E-state index contributed by atoms with van der Waals surface area (Å²) in [6, 6.07) is 3.41. The molecule has 1 aromatic rings. The molecule has 5 nitrogen and oxygen atoms in total. The van der Waals surface area contributed by atoms with E-state index in [-0.39, 0.29) is 5.91 Å². The second-order valence-electron chi connectivity index (χ2n) is 7.62. The van der Waals surface area contributed by atoms with E-state index in [0.29, 0.717) is 18.5 Å². The van der Waals surface area contributed by atoms with Crippen LogP contribution in [0.5, 0.6) is 0 Å². The minimum atomic E-state index is -0.489. The largest absolute Gasteiger partial charge is 0.339 e. The number of carbonyl (C=O) groups excluding carboxylic acids is 1. The first-order chi connectivity index (χ1) is 13.5. The van der Waals surface area contributed by atoms with Crippen LogP contribution < -0.4 is 5.32 Å². The van der Waals surface area contributed by atoms with Gasteiger partial charge in [-0.3, -0.25) is 4.79 Å². The Hall–Kier alpha value is -2.31. The second kappa shape index (κ2) is 9.26. The molecule has 2 unspecified atom stereocenters. The Kier molecular flexibility index (Phi) is 6.75. The highest BCUT2D eigenvalue weighted by molar-refractivity contribution is 5.78. The van der Waals surface area contributed by atoms with Crippen LogP contribution in [0.15, 0.2) is 48.7 Å². The van der Waals surface area contributed by atoms with Crippen molar-refractivity contribution in [2.24, 2.45) is 5.92 Å². The Morgan fingerprint density at radius 1 is 1.32 bits per heavy atom. The summed E-state index contributed by atoms with van der Waals surface area (Å²) < 4.78 is 13.0. The molecule has 1 aromatic heterocycles. The van der Waals surface area contributed by atoms with E-state index in [9.17, 15) is 9.18 Å². The zero-order valence-corrected chi connectivity index (χ0v) is 16.7. The Morgan fingerprint density at radius 2 is 2.07 bits per heavy atom. The predicted molar refractivity (Wildman–Crippen MR) is 110 cm³/mol. The average Bonchev–Trinajstić information content (AvgIpc) is 3.48. The lowest BCUT2D eigenvalue weighted by Crippen LogP contribution is -2.49. The molecule has 1 N–H and O–H groups in total. The number of allylic oxidation sites excluding steroid dienone is 4. The van der Waals surface area contributed by atoms with Crippen LogP contribution in [0.3, 0.4) is 0 Å². The van der Waals surface area contributed by atoms with Gasteiger partial charge in [-0.1, -0.05) is 30.4 Å². The van der Waals surface area contributed by atoms with E-state index in [1.54, 1.807) is 12.1 Å². The third kappa shape index (κ3) is 5.36. The van der Waals surface area contributed by atoms with Crippen molar-refractivity contribution in [2.45, 2.75) is 19.4 Å². The van der Waals surface area contributed by atoms with Gasteiger partial charge in [0.05, 0.1) is 6.54 Å². The number of rotatable bonds is 7. The molecule has 1 aliphatic carbocycles. The van der Waals surface area contributed by atoms with E-state index in [0.717, 1.165) is 43.7 Å². The summed E-state index contributed by atoms with van der Waals surface area (Å²) in [5.74, 6) is 0.156. The van der Waals surface area contributed by atoms with Gasteiger partial charge in [0.1, 0.15) is 0 Å². The number of likely N-dealkylation sites (N-methyl/N-ethyl adjacent to an activating group) is 1. The lowest BCUT2D eigenvalue weighted by Gasteiger charge is -2.32. The molecule has 0 radical (unpaired) electrons. The highest BCUT2D eigenvalue weighted by Crippen LogP contribution is 2.37. The molecule has 0 aromatic carbocycles. The van der Waals surface area contributed by atoms with Crippen molar-refractivity contribution in [3.8, 4) is 0 Å². The van der Waals surface area contributed by atoms with Crippen molar-refractivity contribution < 1.29 is 9.18 Å². The summed E-state index contributed by atoms with van der Waals surface area (Å²) in [4.78, 5) is 20.2. The summed E-state index contributed by atoms with van der Waals surface area (Å²) in [7, 11) is 2.09. The molecule has 6 heteroatoms. The number of nitrogens with one attached hydrogen (secondary N) is 1. The van der Waals surface area contributed by atoms with Crippen LogP contribution in [-0.2, 0) is 4.79 Å². The third-order valence-electron chi connectivity index (χ3n) is 5.55. The van der Waals surface area contributed by atoms with Crippen LogP contribution in [0.1, 0.15) is 18.9 Å². The van der Waals surface area contributed by atoms with Gasteiger partial charge in [0, 0.05) is 44.0 Å². The van der Waals surface area contributed by atoms with E-state index in [2.05, 4.69) is 41.8 Å². The van der Waals surface area contributed by atoms with Gasteiger partial charge in [-0.15, -0.1) is 0 Å². The minimum absolute atomic E-state index is 0.193. The van der Waals surface area contributed by atoms with Gasteiger partial charge >= 0.3 is 0 Å². The predicted octanol–water partition coefficient (Wildman–Crippen LogP) is 2.49. The number of hydrogen-bond donors (Lipinski definition) is 1. The van der Waals surface area contributed by atoms with Gasteiger partial charge in [-0.05, 0) is 44.0 Å². The number of nitrogens with zero attached hydrogens (tertiary/aromatic N) is 3. The van der Waals surface area contributed by atoms with E-state index in [1.807, 2.05) is 11.0 Å². The summed E-state index contributed by atoms with van der Waals surface area (Å²) in [6.07, 6.45) is 8.37.